The van der Waals surface area contributed by atoms with E-state index < -0.39 is 0 Å². The number of carbonyl (C=O) groups is 1. The number of hydrogen-bond donors (Lipinski definition) is 2. The second kappa shape index (κ2) is 7.34. The number of aryl methyl sites for hydroxylation is 1. The number of hydrogen-bond acceptors (Lipinski definition) is 1. The molecule has 0 heterocycles. The lowest BCUT2D eigenvalue weighted by Crippen LogP contribution is -2.36. The van der Waals surface area contributed by atoms with Gasteiger partial charge in [-0.1, -0.05) is 48.5 Å². The van der Waals surface area contributed by atoms with E-state index in [1.807, 2.05) is 55.5 Å². The fourth-order valence-corrected chi connectivity index (χ4v) is 2.01. The Kier molecular flexibility index (Phi) is 5.18. The number of amides is 2. The molecule has 3 nitrogen and oxygen atoms in total. The molecule has 0 saturated carbocycles. The van der Waals surface area contributed by atoms with Gasteiger partial charge in [-0.2, -0.15) is 0 Å². The summed E-state index contributed by atoms with van der Waals surface area (Å²) in [7, 11) is 0. The molecular weight excluding hydrogens is 248 g/mol. The van der Waals surface area contributed by atoms with Gasteiger partial charge in [0.25, 0.3) is 0 Å². The minimum Gasteiger partial charge on any atom is -0.335 e. The van der Waals surface area contributed by atoms with Gasteiger partial charge in [0.15, 0.2) is 0 Å². The third kappa shape index (κ3) is 4.76. The molecular formula is C17H20N2O. The van der Waals surface area contributed by atoms with Crippen molar-refractivity contribution in [3.8, 4) is 0 Å². The first-order chi connectivity index (χ1) is 9.74. The zero-order chi connectivity index (χ0) is 14.2. The lowest BCUT2D eigenvalue weighted by molar-refractivity contribution is 0.248. The molecule has 0 saturated heterocycles. The Labute approximate surface area is 120 Å². The van der Waals surface area contributed by atoms with E-state index >= 15 is 0 Å². The molecule has 3 heteroatoms. The molecule has 0 bridgehead atoms. The molecule has 0 aliphatic carbocycles. The molecule has 2 aromatic rings. The number of anilines is 1. The first-order valence-corrected chi connectivity index (χ1v) is 6.90. The van der Waals surface area contributed by atoms with Crippen LogP contribution in [0.4, 0.5) is 10.5 Å². The van der Waals surface area contributed by atoms with E-state index in [9.17, 15) is 4.79 Å². The predicted octanol–water partition coefficient (Wildman–Crippen LogP) is 3.83. The molecule has 1 atom stereocenters. The first-order valence-electron chi connectivity index (χ1n) is 6.90. The van der Waals surface area contributed by atoms with E-state index in [1.54, 1.807) is 0 Å². The summed E-state index contributed by atoms with van der Waals surface area (Å²) in [6.07, 6.45) is 1.89. The maximum Gasteiger partial charge on any atom is 0.319 e. The summed E-state index contributed by atoms with van der Waals surface area (Å²) >= 11 is 0. The van der Waals surface area contributed by atoms with Crippen molar-refractivity contribution < 1.29 is 4.79 Å². The Morgan fingerprint density at radius 3 is 2.25 bits per heavy atom. The molecule has 0 aromatic heterocycles. The topological polar surface area (TPSA) is 41.1 Å². The summed E-state index contributed by atoms with van der Waals surface area (Å²) < 4.78 is 0. The minimum absolute atomic E-state index is 0.138. The molecule has 2 N–H and O–H groups in total. The van der Waals surface area contributed by atoms with Crippen molar-refractivity contribution >= 4 is 11.7 Å². The van der Waals surface area contributed by atoms with E-state index in [0.29, 0.717) is 0 Å². The second-order valence-electron chi connectivity index (χ2n) is 4.89. The van der Waals surface area contributed by atoms with Gasteiger partial charge >= 0.3 is 6.03 Å². The van der Waals surface area contributed by atoms with E-state index in [1.165, 1.54) is 5.56 Å². The van der Waals surface area contributed by atoms with Crippen LogP contribution in [0.1, 0.15) is 18.9 Å². The second-order valence-corrected chi connectivity index (χ2v) is 4.89. The highest BCUT2D eigenvalue weighted by Crippen LogP contribution is 2.06. The van der Waals surface area contributed by atoms with Gasteiger partial charge in [0.05, 0.1) is 0 Å². The van der Waals surface area contributed by atoms with Crippen LogP contribution in [0, 0.1) is 0 Å². The molecule has 2 rings (SSSR count). The molecule has 104 valence electrons. The van der Waals surface area contributed by atoms with Crippen LogP contribution in [0.3, 0.4) is 0 Å². The van der Waals surface area contributed by atoms with Crippen molar-refractivity contribution in [2.75, 3.05) is 5.32 Å². The zero-order valence-electron chi connectivity index (χ0n) is 11.7. The van der Waals surface area contributed by atoms with Crippen molar-refractivity contribution in [1.29, 1.82) is 0 Å². The predicted molar refractivity (Wildman–Crippen MR) is 82.8 cm³/mol. The smallest absolute Gasteiger partial charge is 0.319 e. The van der Waals surface area contributed by atoms with Gasteiger partial charge in [-0.05, 0) is 37.5 Å². The van der Waals surface area contributed by atoms with Crippen LogP contribution in [0.2, 0.25) is 0 Å². The molecule has 1 unspecified atom stereocenters. The highest BCUT2D eigenvalue weighted by molar-refractivity contribution is 5.89. The maximum atomic E-state index is 11.8. The number of urea groups is 1. The first kappa shape index (κ1) is 14.1. The molecule has 0 fully saturated rings. The number of benzene rings is 2. The normalized spacial score (nSPS) is 11.7. The molecule has 0 aliphatic rings. The number of carbonyl (C=O) groups excluding carboxylic acids is 1. The van der Waals surface area contributed by atoms with E-state index in [-0.39, 0.29) is 12.1 Å². The zero-order valence-corrected chi connectivity index (χ0v) is 11.7. The van der Waals surface area contributed by atoms with E-state index in [0.717, 1.165) is 18.5 Å². The highest BCUT2D eigenvalue weighted by Gasteiger charge is 2.07. The molecule has 2 amide bonds. The van der Waals surface area contributed by atoms with Gasteiger partial charge in [-0.25, -0.2) is 4.79 Å². The fourth-order valence-electron chi connectivity index (χ4n) is 2.01. The average Bonchev–Trinajstić information content (AvgIpc) is 2.47. The Morgan fingerprint density at radius 2 is 1.60 bits per heavy atom. The summed E-state index contributed by atoms with van der Waals surface area (Å²) in [5.41, 5.74) is 2.10. The lowest BCUT2D eigenvalue weighted by Gasteiger charge is -2.14. The summed E-state index contributed by atoms with van der Waals surface area (Å²) in [6, 6.07) is 19.7. The van der Waals surface area contributed by atoms with Crippen LogP contribution in [-0.2, 0) is 6.42 Å². The Morgan fingerprint density at radius 1 is 1.00 bits per heavy atom. The van der Waals surface area contributed by atoms with Gasteiger partial charge in [0.2, 0.25) is 0 Å². The van der Waals surface area contributed by atoms with Crippen LogP contribution in [0.5, 0.6) is 0 Å². The summed E-state index contributed by atoms with van der Waals surface area (Å²) in [5, 5.41) is 5.77. The van der Waals surface area contributed by atoms with E-state index in [2.05, 4.69) is 22.8 Å². The molecule has 0 aliphatic heterocycles. The Bertz CT molecular complexity index is 525. The van der Waals surface area contributed by atoms with Gasteiger partial charge in [0.1, 0.15) is 0 Å². The summed E-state index contributed by atoms with van der Waals surface area (Å²) in [4.78, 5) is 11.8. The monoisotopic (exact) mass is 268 g/mol. The minimum atomic E-state index is -0.156. The van der Waals surface area contributed by atoms with Crippen LogP contribution in [0.15, 0.2) is 60.7 Å². The van der Waals surface area contributed by atoms with Crippen molar-refractivity contribution in [3.63, 3.8) is 0 Å². The van der Waals surface area contributed by atoms with Crippen LogP contribution >= 0.6 is 0 Å². The highest BCUT2D eigenvalue weighted by atomic mass is 16.2. The fraction of sp³-hybridized carbons (Fsp3) is 0.235. The Hall–Kier alpha value is -2.29. The quantitative estimate of drug-likeness (QED) is 0.850. The molecule has 0 radical (unpaired) electrons. The Balaban J connectivity index is 1.74. The number of rotatable bonds is 5. The van der Waals surface area contributed by atoms with Crippen molar-refractivity contribution in [2.45, 2.75) is 25.8 Å². The third-order valence-corrected chi connectivity index (χ3v) is 3.12. The van der Waals surface area contributed by atoms with Crippen LogP contribution < -0.4 is 10.6 Å². The van der Waals surface area contributed by atoms with E-state index in [4.69, 9.17) is 0 Å². The van der Waals surface area contributed by atoms with Gasteiger partial charge < -0.3 is 10.6 Å². The van der Waals surface area contributed by atoms with Gasteiger partial charge in [-0.15, -0.1) is 0 Å². The van der Waals surface area contributed by atoms with Crippen LogP contribution in [0.25, 0.3) is 0 Å². The van der Waals surface area contributed by atoms with Gasteiger partial charge in [-0.3, -0.25) is 0 Å². The standard InChI is InChI=1S/C17H20N2O/c1-14(12-13-15-8-4-2-5-9-15)18-17(20)19-16-10-6-3-7-11-16/h2-11,14H,12-13H2,1H3,(H2,18,19,20). The molecule has 20 heavy (non-hydrogen) atoms. The van der Waals surface area contributed by atoms with Crippen molar-refractivity contribution in [1.82, 2.24) is 5.32 Å². The van der Waals surface area contributed by atoms with Gasteiger partial charge in [0, 0.05) is 11.7 Å². The third-order valence-electron chi connectivity index (χ3n) is 3.12. The average molecular weight is 268 g/mol. The number of para-hydroxylation sites is 1. The summed E-state index contributed by atoms with van der Waals surface area (Å²) in [5.74, 6) is 0. The number of nitrogens with one attached hydrogen (secondary N) is 2. The maximum absolute atomic E-state index is 11.8. The largest absolute Gasteiger partial charge is 0.335 e. The van der Waals surface area contributed by atoms with Crippen LogP contribution in [-0.4, -0.2) is 12.1 Å². The molecule has 2 aromatic carbocycles. The van der Waals surface area contributed by atoms with Crippen molar-refractivity contribution in [3.05, 3.63) is 66.2 Å². The lowest BCUT2D eigenvalue weighted by atomic mass is 10.1. The SMILES string of the molecule is CC(CCc1ccccc1)NC(=O)Nc1ccccc1. The van der Waals surface area contributed by atoms with Crippen molar-refractivity contribution in [2.24, 2.45) is 0 Å². The summed E-state index contributed by atoms with van der Waals surface area (Å²) in [6.45, 7) is 2.02. The molecule has 0 spiro atoms.